The molecule has 0 N–H and O–H groups in total. The summed E-state index contributed by atoms with van der Waals surface area (Å²) in [6.07, 6.45) is 3.17. The van der Waals surface area contributed by atoms with Crippen molar-refractivity contribution in [3.63, 3.8) is 0 Å². The predicted molar refractivity (Wildman–Crippen MR) is 48.1 cm³/mol. The lowest BCUT2D eigenvalue weighted by Gasteiger charge is -2.36. The molecule has 4 nitrogen and oxygen atoms in total. The summed E-state index contributed by atoms with van der Waals surface area (Å²) >= 11 is 0. The van der Waals surface area contributed by atoms with Gasteiger partial charge in [0.05, 0.1) is 27.2 Å². The van der Waals surface area contributed by atoms with E-state index < -0.39 is 6.16 Å². The van der Waals surface area contributed by atoms with Crippen LogP contribution in [0.3, 0.4) is 0 Å². The molecule has 1 rings (SSSR count). The largest absolute Gasteiger partial charge is 1.00 e. The number of rotatable bonds is 2. The summed E-state index contributed by atoms with van der Waals surface area (Å²) < 4.78 is 10.2. The Bertz CT molecular complexity index is 181. The molecule has 0 bridgehead atoms. The molecule has 0 aromatic heterocycles. The van der Waals surface area contributed by atoms with E-state index >= 15 is 0 Å². The van der Waals surface area contributed by atoms with Gasteiger partial charge in [0, 0.05) is 0 Å². The molecule has 0 aliphatic carbocycles. The summed E-state index contributed by atoms with van der Waals surface area (Å²) in [5.41, 5.74) is 0. The summed E-state index contributed by atoms with van der Waals surface area (Å²) in [4.78, 5) is 10.7. The molecule has 84 valence electrons. The molecule has 0 unspecified atom stereocenters. The van der Waals surface area contributed by atoms with Crippen molar-refractivity contribution in [3.8, 4) is 0 Å². The van der Waals surface area contributed by atoms with E-state index in [1.54, 1.807) is 0 Å². The number of likely N-dealkylation sites (tertiary alicyclic amines) is 1. The monoisotopic (exact) mass is 223 g/mol. The quantitative estimate of drug-likeness (QED) is 0.416. The van der Waals surface area contributed by atoms with E-state index in [9.17, 15) is 4.79 Å². The molecular formula is C9H18ClNO3. The third kappa shape index (κ3) is 4.15. The number of nitrogens with zero attached hydrogens (tertiary/aromatic N) is 1. The van der Waals surface area contributed by atoms with Gasteiger partial charge in [-0.05, 0) is 19.3 Å². The van der Waals surface area contributed by atoms with Gasteiger partial charge in [-0.1, -0.05) is 0 Å². The van der Waals surface area contributed by atoms with Crippen LogP contribution < -0.4 is 12.4 Å². The van der Waals surface area contributed by atoms with Gasteiger partial charge in [-0.15, -0.1) is 0 Å². The zero-order chi connectivity index (χ0) is 9.73. The molecule has 1 aliphatic rings. The number of hydrogen-bond donors (Lipinski definition) is 0. The van der Waals surface area contributed by atoms with Crippen LogP contribution in [0.4, 0.5) is 4.79 Å². The molecule has 1 fully saturated rings. The van der Waals surface area contributed by atoms with Crippen LogP contribution in [-0.4, -0.2) is 44.6 Å². The molecule has 0 atom stereocenters. The van der Waals surface area contributed by atoms with Crippen molar-refractivity contribution in [1.82, 2.24) is 0 Å². The Morgan fingerprint density at radius 3 is 2.36 bits per heavy atom. The van der Waals surface area contributed by atoms with Crippen LogP contribution in [-0.2, 0) is 9.47 Å². The first-order valence-corrected chi connectivity index (χ1v) is 4.71. The van der Waals surface area contributed by atoms with Gasteiger partial charge in [0.15, 0.2) is 0 Å². The number of carbonyl (C=O) groups is 1. The summed E-state index contributed by atoms with van der Waals surface area (Å²) in [5.74, 6) is 0. The fraction of sp³-hybridized carbons (Fsp3) is 0.889. The van der Waals surface area contributed by atoms with E-state index in [1.165, 1.54) is 26.4 Å². The summed E-state index contributed by atoms with van der Waals surface area (Å²) in [6.45, 7) is 2.63. The SMILES string of the molecule is COC(=O)OC[N+]1(C)CCCCC1.[Cl-]. The molecule has 0 radical (unpaired) electrons. The van der Waals surface area contributed by atoms with Gasteiger partial charge in [-0.3, -0.25) is 4.48 Å². The maximum Gasteiger partial charge on any atom is 0.512 e. The second kappa shape index (κ2) is 6.09. The van der Waals surface area contributed by atoms with Crippen molar-refractivity contribution in [2.75, 3.05) is 34.0 Å². The number of piperidine rings is 1. The maximum absolute atomic E-state index is 10.7. The number of quaternary nitrogens is 1. The predicted octanol–water partition coefficient (Wildman–Crippen LogP) is -1.64. The third-order valence-electron chi connectivity index (χ3n) is 2.56. The van der Waals surface area contributed by atoms with Crippen LogP contribution in [0.1, 0.15) is 19.3 Å². The first-order valence-electron chi connectivity index (χ1n) is 4.71. The average molecular weight is 224 g/mol. The molecule has 14 heavy (non-hydrogen) atoms. The highest BCUT2D eigenvalue weighted by atomic mass is 35.5. The Balaban J connectivity index is 0.00000169. The number of hydrogen-bond acceptors (Lipinski definition) is 3. The van der Waals surface area contributed by atoms with Gasteiger partial charge < -0.3 is 21.9 Å². The average Bonchev–Trinajstić information content (AvgIpc) is 2.15. The van der Waals surface area contributed by atoms with Crippen molar-refractivity contribution in [2.45, 2.75) is 19.3 Å². The first kappa shape index (κ1) is 13.5. The molecule has 0 saturated carbocycles. The van der Waals surface area contributed by atoms with Crippen molar-refractivity contribution in [1.29, 1.82) is 0 Å². The van der Waals surface area contributed by atoms with E-state index in [4.69, 9.17) is 4.74 Å². The zero-order valence-corrected chi connectivity index (χ0v) is 9.55. The molecule has 0 amide bonds. The second-order valence-corrected chi connectivity index (χ2v) is 3.85. The summed E-state index contributed by atoms with van der Waals surface area (Å²) in [5, 5.41) is 0. The topological polar surface area (TPSA) is 35.5 Å². The number of ether oxygens (including phenoxy) is 2. The van der Waals surface area contributed by atoms with E-state index in [0.29, 0.717) is 6.73 Å². The van der Waals surface area contributed by atoms with E-state index in [2.05, 4.69) is 11.8 Å². The lowest BCUT2D eigenvalue weighted by Crippen LogP contribution is -3.00. The molecule has 1 heterocycles. The first-order chi connectivity index (χ1) is 6.16. The van der Waals surface area contributed by atoms with Crippen LogP contribution in [0.15, 0.2) is 0 Å². The van der Waals surface area contributed by atoms with Crippen molar-refractivity contribution >= 4 is 6.16 Å². The Hall–Kier alpha value is -0.480. The molecule has 0 spiro atoms. The Kier molecular flexibility index (Phi) is 5.88. The van der Waals surface area contributed by atoms with Crippen molar-refractivity contribution in [2.24, 2.45) is 0 Å². The highest BCUT2D eigenvalue weighted by Gasteiger charge is 2.26. The van der Waals surface area contributed by atoms with Gasteiger partial charge in [-0.2, -0.15) is 0 Å². The van der Waals surface area contributed by atoms with Gasteiger partial charge in [0.1, 0.15) is 0 Å². The standard InChI is InChI=1S/C9H18NO3.ClH/c1-10(6-4-3-5-7-10)8-13-9(11)12-2;/h3-8H2,1-2H3;1H/q+1;/p-1. The summed E-state index contributed by atoms with van der Waals surface area (Å²) in [6, 6.07) is 0. The fourth-order valence-corrected chi connectivity index (χ4v) is 1.67. The van der Waals surface area contributed by atoms with Crippen LogP contribution in [0.2, 0.25) is 0 Å². The van der Waals surface area contributed by atoms with Gasteiger partial charge in [-0.25, -0.2) is 4.79 Å². The number of halogens is 1. The highest BCUT2D eigenvalue weighted by molar-refractivity contribution is 5.59. The molecule has 0 aromatic carbocycles. The third-order valence-corrected chi connectivity index (χ3v) is 2.56. The lowest BCUT2D eigenvalue weighted by molar-refractivity contribution is -0.930. The zero-order valence-electron chi connectivity index (χ0n) is 8.79. The van der Waals surface area contributed by atoms with E-state index in [1.807, 2.05) is 0 Å². The molecule has 5 heteroatoms. The van der Waals surface area contributed by atoms with Crippen LogP contribution in [0, 0.1) is 0 Å². The maximum atomic E-state index is 10.7. The Morgan fingerprint density at radius 1 is 1.29 bits per heavy atom. The van der Waals surface area contributed by atoms with Crippen molar-refractivity contribution < 1.29 is 31.2 Å². The minimum Gasteiger partial charge on any atom is -1.00 e. The van der Waals surface area contributed by atoms with Crippen molar-refractivity contribution in [3.05, 3.63) is 0 Å². The van der Waals surface area contributed by atoms with Gasteiger partial charge >= 0.3 is 6.16 Å². The van der Waals surface area contributed by atoms with Crippen LogP contribution in [0.25, 0.3) is 0 Å². The smallest absolute Gasteiger partial charge is 0.512 e. The van der Waals surface area contributed by atoms with E-state index in [-0.39, 0.29) is 12.4 Å². The molecular weight excluding hydrogens is 206 g/mol. The highest BCUT2D eigenvalue weighted by Crippen LogP contribution is 2.15. The summed E-state index contributed by atoms with van der Waals surface area (Å²) in [7, 11) is 3.45. The van der Waals surface area contributed by atoms with E-state index in [0.717, 1.165) is 17.6 Å². The number of methoxy groups -OCH3 is 1. The minimum absolute atomic E-state index is 0. The number of carbonyl (C=O) groups excluding carboxylic acids is 1. The Labute approximate surface area is 91.2 Å². The second-order valence-electron chi connectivity index (χ2n) is 3.85. The van der Waals surface area contributed by atoms with Crippen LogP contribution in [0.5, 0.6) is 0 Å². The van der Waals surface area contributed by atoms with Crippen LogP contribution >= 0.6 is 0 Å². The molecule has 1 aliphatic heterocycles. The fourth-order valence-electron chi connectivity index (χ4n) is 1.67. The normalized spacial score (nSPS) is 19.3. The van der Waals surface area contributed by atoms with Gasteiger partial charge in [0.25, 0.3) is 0 Å². The molecule has 1 saturated heterocycles. The lowest BCUT2D eigenvalue weighted by atomic mass is 10.1. The minimum atomic E-state index is -0.579. The van der Waals surface area contributed by atoms with Gasteiger partial charge in [0.2, 0.25) is 6.73 Å². The molecule has 0 aromatic rings. The Morgan fingerprint density at radius 2 is 1.86 bits per heavy atom.